The van der Waals surface area contributed by atoms with E-state index in [-0.39, 0.29) is 12.7 Å². The lowest BCUT2D eigenvalue weighted by Gasteiger charge is -2.06. The summed E-state index contributed by atoms with van der Waals surface area (Å²) in [5.41, 5.74) is 1.20. The third-order valence-corrected chi connectivity index (χ3v) is 4.13. The molecule has 7 heteroatoms. The standard InChI is InChI=1S/C16H10Cl3NO3/c17-10-6-12(19)13(7-11(10)18)20-16(21)4-2-9-1-3-14-15(5-9)23-8-22-14/h1-7H,8H2,(H,20,21)/b4-2-. The number of hydrogen-bond donors (Lipinski definition) is 1. The molecule has 1 aliphatic heterocycles. The van der Waals surface area contributed by atoms with E-state index in [0.717, 1.165) is 5.56 Å². The van der Waals surface area contributed by atoms with Crippen molar-refractivity contribution in [3.05, 3.63) is 57.0 Å². The van der Waals surface area contributed by atoms with Crippen molar-refractivity contribution in [2.45, 2.75) is 0 Å². The van der Waals surface area contributed by atoms with Gasteiger partial charge in [0.15, 0.2) is 11.5 Å². The Morgan fingerprint density at radius 1 is 1.00 bits per heavy atom. The number of amides is 1. The van der Waals surface area contributed by atoms with Gasteiger partial charge < -0.3 is 14.8 Å². The van der Waals surface area contributed by atoms with Gasteiger partial charge in [-0.3, -0.25) is 4.79 Å². The van der Waals surface area contributed by atoms with Gasteiger partial charge in [-0.15, -0.1) is 0 Å². The molecular formula is C16H10Cl3NO3. The summed E-state index contributed by atoms with van der Waals surface area (Å²) < 4.78 is 10.5. The Morgan fingerprint density at radius 2 is 1.74 bits per heavy atom. The largest absolute Gasteiger partial charge is 0.454 e. The Kier molecular flexibility index (Phi) is 4.66. The van der Waals surface area contributed by atoms with Crippen LogP contribution < -0.4 is 14.8 Å². The maximum Gasteiger partial charge on any atom is 0.248 e. The second-order valence-corrected chi connectivity index (χ2v) is 5.90. The van der Waals surface area contributed by atoms with Crippen LogP contribution in [0.3, 0.4) is 0 Å². The highest BCUT2D eigenvalue weighted by Gasteiger charge is 2.12. The maximum atomic E-state index is 12.0. The number of hydrogen-bond acceptors (Lipinski definition) is 3. The molecule has 0 bridgehead atoms. The summed E-state index contributed by atoms with van der Waals surface area (Å²) in [5.74, 6) is 0.997. The molecule has 1 heterocycles. The van der Waals surface area contributed by atoms with Gasteiger partial charge in [0, 0.05) is 6.08 Å². The summed E-state index contributed by atoms with van der Waals surface area (Å²) in [6.45, 7) is 0.207. The van der Waals surface area contributed by atoms with E-state index < -0.39 is 0 Å². The molecule has 3 rings (SSSR count). The van der Waals surface area contributed by atoms with Crippen molar-refractivity contribution < 1.29 is 14.3 Å². The van der Waals surface area contributed by atoms with Crippen LogP contribution in [0.1, 0.15) is 5.56 Å². The highest BCUT2D eigenvalue weighted by molar-refractivity contribution is 6.44. The molecule has 1 amide bonds. The first-order chi connectivity index (χ1) is 11.0. The lowest BCUT2D eigenvalue weighted by atomic mass is 10.2. The highest BCUT2D eigenvalue weighted by atomic mass is 35.5. The predicted octanol–water partition coefficient (Wildman–Crippen LogP) is 5.03. The number of rotatable bonds is 3. The van der Waals surface area contributed by atoms with Crippen molar-refractivity contribution in [1.29, 1.82) is 0 Å². The molecule has 0 saturated heterocycles. The lowest BCUT2D eigenvalue weighted by molar-refractivity contribution is -0.111. The fourth-order valence-corrected chi connectivity index (χ4v) is 2.58. The number of anilines is 1. The van der Waals surface area contributed by atoms with Gasteiger partial charge in [0.25, 0.3) is 0 Å². The van der Waals surface area contributed by atoms with Crippen molar-refractivity contribution >= 4 is 52.5 Å². The molecule has 2 aromatic carbocycles. The fraction of sp³-hybridized carbons (Fsp3) is 0.0625. The van der Waals surface area contributed by atoms with E-state index in [1.54, 1.807) is 18.2 Å². The fourth-order valence-electron chi connectivity index (χ4n) is 1.98. The van der Waals surface area contributed by atoms with Crippen molar-refractivity contribution in [2.75, 3.05) is 12.1 Å². The number of benzene rings is 2. The van der Waals surface area contributed by atoms with Crippen LogP contribution in [0.15, 0.2) is 36.4 Å². The molecule has 0 radical (unpaired) electrons. The van der Waals surface area contributed by atoms with Crippen molar-refractivity contribution in [2.24, 2.45) is 0 Å². The Bertz CT molecular complexity index is 805. The number of fused-ring (bicyclic) bond motifs is 1. The number of carbonyl (C=O) groups is 1. The van der Waals surface area contributed by atoms with Gasteiger partial charge in [0.05, 0.1) is 20.8 Å². The quantitative estimate of drug-likeness (QED) is 0.609. The number of carbonyl (C=O) groups excluding carboxylic acids is 1. The third-order valence-electron chi connectivity index (χ3n) is 3.09. The van der Waals surface area contributed by atoms with Gasteiger partial charge in [-0.2, -0.15) is 0 Å². The molecule has 4 nitrogen and oxygen atoms in total. The minimum absolute atomic E-state index is 0.207. The van der Waals surface area contributed by atoms with Crippen LogP contribution in [0.2, 0.25) is 15.1 Å². The molecule has 118 valence electrons. The Morgan fingerprint density at radius 3 is 2.57 bits per heavy atom. The summed E-state index contributed by atoms with van der Waals surface area (Å²) in [4.78, 5) is 12.0. The zero-order valence-electron chi connectivity index (χ0n) is 11.6. The summed E-state index contributed by atoms with van der Waals surface area (Å²) in [7, 11) is 0. The zero-order chi connectivity index (χ0) is 16.4. The molecule has 2 aromatic rings. The van der Waals surface area contributed by atoms with E-state index in [2.05, 4.69) is 5.32 Å². The first kappa shape index (κ1) is 16.0. The van der Waals surface area contributed by atoms with Gasteiger partial charge in [0.2, 0.25) is 12.7 Å². The monoisotopic (exact) mass is 369 g/mol. The Labute approximate surface area is 147 Å². The number of ether oxygens (including phenoxy) is 2. The van der Waals surface area contributed by atoms with Crippen LogP contribution in [0.5, 0.6) is 11.5 Å². The van der Waals surface area contributed by atoms with E-state index >= 15 is 0 Å². The zero-order valence-corrected chi connectivity index (χ0v) is 13.9. The van der Waals surface area contributed by atoms with Crippen LogP contribution in [-0.4, -0.2) is 12.7 Å². The van der Waals surface area contributed by atoms with Crippen molar-refractivity contribution in [3.63, 3.8) is 0 Å². The molecule has 1 aliphatic rings. The molecule has 1 N–H and O–H groups in total. The Balaban J connectivity index is 1.71. The van der Waals surface area contributed by atoms with E-state index in [1.807, 2.05) is 6.07 Å². The van der Waals surface area contributed by atoms with E-state index in [0.29, 0.717) is 32.3 Å². The topological polar surface area (TPSA) is 47.6 Å². The molecular weight excluding hydrogens is 361 g/mol. The average molecular weight is 371 g/mol. The predicted molar refractivity (Wildman–Crippen MR) is 91.7 cm³/mol. The molecule has 0 atom stereocenters. The number of nitrogens with one attached hydrogen (secondary N) is 1. The summed E-state index contributed by atoms with van der Waals surface area (Å²) in [6.07, 6.45) is 3.04. The number of halogens is 3. The molecule has 0 aliphatic carbocycles. The summed E-state index contributed by atoms with van der Waals surface area (Å²) >= 11 is 17.8. The smallest absolute Gasteiger partial charge is 0.248 e. The van der Waals surface area contributed by atoms with Gasteiger partial charge in [-0.25, -0.2) is 0 Å². The second-order valence-electron chi connectivity index (χ2n) is 4.68. The van der Waals surface area contributed by atoms with Crippen LogP contribution in [0.25, 0.3) is 6.08 Å². The summed E-state index contributed by atoms with van der Waals surface area (Å²) in [5, 5.41) is 3.59. The lowest BCUT2D eigenvalue weighted by Crippen LogP contribution is -2.08. The van der Waals surface area contributed by atoms with Crippen LogP contribution in [-0.2, 0) is 4.79 Å². The minimum atomic E-state index is -0.344. The van der Waals surface area contributed by atoms with Crippen LogP contribution >= 0.6 is 34.8 Å². The third kappa shape index (κ3) is 3.72. The normalized spacial score (nSPS) is 12.7. The molecule has 0 spiro atoms. The average Bonchev–Trinajstić information content (AvgIpc) is 2.98. The van der Waals surface area contributed by atoms with E-state index in [1.165, 1.54) is 18.2 Å². The first-order valence-electron chi connectivity index (χ1n) is 6.56. The SMILES string of the molecule is O=C(/C=C\c1ccc2c(c1)OCO2)Nc1cc(Cl)c(Cl)cc1Cl. The van der Waals surface area contributed by atoms with Crippen molar-refractivity contribution in [1.82, 2.24) is 0 Å². The molecule has 0 aromatic heterocycles. The van der Waals surface area contributed by atoms with Gasteiger partial charge in [0.1, 0.15) is 0 Å². The van der Waals surface area contributed by atoms with Gasteiger partial charge in [-0.1, -0.05) is 40.9 Å². The van der Waals surface area contributed by atoms with E-state index in [4.69, 9.17) is 44.3 Å². The van der Waals surface area contributed by atoms with E-state index in [9.17, 15) is 4.79 Å². The maximum absolute atomic E-state index is 12.0. The van der Waals surface area contributed by atoms with Crippen molar-refractivity contribution in [3.8, 4) is 11.5 Å². The Hall–Kier alpha value is -1.88. The molecule has 23 heavy (non-hydrogen) atoms. The van der Waals surface area contributed by atoms with Crippen LogP contribution in [0, 0.1) is 0 Å². The first-order valence-corrected chi connectivity index (χ1v) is 7.69. The summed E-state index contributed by atoms with van der Waals surface area (Å²) in [6, 6.07) is 8.37. The minimum Gasteiger partial charge on any atom is -0.454 e. The van der Waals surface area contributed by atoms with Crippen LogP contribution in [0.4, 0.5) is 5.69 Å². The second kappa shape index (κ2) is 6.71. The molecule has 0 saturated carbocycles. The molecule has 0 fully saturated rings. The van der Waals surface area contributed by atoms with Gasteiger partial charge >= 0.3 is 0 Å². The molecule has 0 unspecified atom stereocenters. The highest BCUT2D eigenvalue weighted by Crippen LogP contribution is 2.33. The van der Waals surface area contributed by atoms with Gasteiger partial charge in [-0.05, 0) is 35.9 Å².